The van der Waals surface area contributed by atoms with E-state index in [1.165, 1.54) is 12.1 Å². The highest BCUT2D eigenvalue weighted by Crippen LogP contribution is 2.19. The Bertz CT molecular complexity index is 611. The van der Waals surface area contributed by atoms with Crippen LogP contribution < -0.4 is 16.8 Å². The molecule has 0 saturated carbocycles. The Kier molecular flexibility index (Phi) is 4.20. The molecule has 0 unspecified atom stereocenters. The molecule has 0 saturated heterocycles. The third-order valence-electron chi connectivity index (χ3n) is 2.92. The number of carbonyl (C=O) groups excluding carboxylic acids is 1. The molecular formula is C15H16FN3O. The Morgan fingerprint density at radius 3 is 2.45 bits per heavy atom. The number of nitrogens with one attached hydrogen (secondary N) is 1. The molecule has 0 spiro atoms. The summed E-state index contributed by atoms with van der Waals surface area (Å²) >= 11 is 0. The summed E-state index contributed by atoms with van der Waals surface area (Å²) in [4.78, 5) is 10.9. The highest BCUT2D eigenvalue weighted by molar-refractivity contribution is 5.79. The number of rotatable bonds is 5. The van der Waals surface area contributed by atoms with Crippen LogP contribution in [0.4, 0.5) is 15.8 Å². The first-order chi connectivity index (χ1) is 9.54. The van der Waals surface area contributed by atoms with Gasteiger partial charge in [-0.15, -0.1) is 0 Å². The van der Waals surface area contributed by atoms with Crippen LogP contribution in [0, 0.1) is 5.82 Å². The van der Waals surface area contributed by atoms with Crippen molar-refractivity contribution in [2.75, 3.05) is 11.1 Å². The van der Waals surface area contributed by atoms with E-state index in [4.69, 9.17) is 11.5 Å². The number of amides is 1. The summed E-state index contributed by atoms with van der Waals surface area (Å²) in [5.74, 6) is -0.669. The number of hydrogen-bond acceptors (Lipinski definition) is 3. The summed E-state index contributed by atoms with van der Waals surface area (Å²) in [7, 11) is 0. The van der Waals surface area contributed by atoms with Gasteiger partial charge in [0.25, 0.3) is 0 Å². The van der Waals surface area contributed by atoms with Crippen molar-refractivity contribution in [1.29, 1.82) is 0 Å². The van der Waals surface area contributed by atoms with Crippen molar-refractivity contribution < 1.29 is 9.18 Å². The number of benzene rings is 2. The molecule has 4 nitrogen and oxygen atoms in total. The van der Waals surface area contributed by atoms with Crippen LogP contribution >= 0.6 is 0 Å². The van der Waals surface area contributed by atoms with Crippen LogP contribution in [0.3, 0.4) is 0 Å². The summed E-state index contributed by atoms with van der Waals surface area (Å²) in [6, 6.07) is 11.6. The summed E-state index contributed by atoms with van der Waals surface area (Å²) in [6.07, 6.45) is 0.129. The van der Waals surface area contributed by atoms with E-state index in [-0.39, 0.29) is 12.2 Å². The SMILES string of the molecule is NC(=O)Cc1ccc(NCc2ccc(F)cc2)cc1N. The van der Waals surface area contributed by atoms with Gasteiger partial charge in [0, 0.05) is 17.9 Å². The van der Waals surface area contributed by atoms with E-state index in [9.17, 15) is 9.18 Å². The summed E-state index contributed by atoms with van der Waals surface area (Å²) < 4.78 is 12.8. The van der Waals surface area contributed by atoms with Gasteiger partial charge in [0.1, 0.15) is 5.82 Å². The molecule has 2 rings (SSSR count). The molecule has 5 heteroatoms. The Labute approximate surface area is 116 Å². The first-order valence-electron chi connectivity index (χ1n) is 6.19. The van der Waals surface area contributed by atoms with E-state index in [1.54, 1.807) is 24.3 Å². The lowest BCUT2D eigenvalue weighted by molar-refractivity contribution is -0.117. The highest BCUT2D eigenvalue weighted by Gasteiger charge is 2.04. The number of nitrogens with two attached hydrogens (primary N) is 2. The summed E-state index contributed by atoms with van der Waals surface area (Å²) in [5.41, 5.74) is 14.0. The van der Waals surface area contributed by atoms with Gasteiger partial charge in [-0.05, 0) is 35.4 Å². The fourth-order valence-electron chi connectivity index (χ4n) is 1.86. The molecule has 0 heterocycles. The van der Waals surface area contributed by atoms with Crippen LogP contribution in [0.25, 0.3) is 0 Å². The lowest BCUT2D eigenvalue weighted by Gasteiger charge is -2.10. The fourth-order valence-corrected chi connectivity index (χ4v) is 1.86. The molecule has 5 N–H and O–H groups in total. The quantitative estimate of drug-likeness (QED) is 0.729. The van der Waals surface area contributed by atoms with E-state index in [2.05, 4.69) is 5.32 Å². The predicted molar refractivity (Wildman–Crippen MR) is 77.5 cm³/mol. The third kappa shape index (κ3) is 3.71. The average molecular weight is 273 g/mol. The van der Waals surface area contributed by atoms with Gasteiger partial charge in [-0.3, -0.25) is 4.79 Å². The molecule has 2 aromatic rings. The number of nitrogen functional groups attached to an aromatic ring is 1. The van der Waals surface area contributed by atoms with Gasteiger partial charge >= 0.3 is 0 Å². The minimum absolute atomic E-state index is 0.129. The van der Waals surface area contributed by atoms with Crippen molar-refractivity contribution in [3.05, 3.63) is 59.4 Å². The van der Waals surface area contributed by atoms with Gasteiger partial charge in [0.15, 0.2) is 0 Å². The first-order valence-corrected chi connectivity index (χ1v) is 6.19. The molecule has 0 aromatic heterocycles. The number of primary amides is 1. The molecule has 0 fully saturated rings. The molecule has 20 heavy (non-hydrogen) atoms. The molecule has 1 amide bonds. The van der Waals surface area contributed by atoms with Crippen LogP contribution in [0.5, 0.6) is 0 Å². The van der Waals surface area contributed by atoms with Crippen molar-refractivity contribution >= 4 is 17.3 Å². The topological polar surface area (TPSA) is 81.1 Å². The smallest absolute Gasteiger partial charge is 0.221 e. The normalized spacial score (nSPS) is 10.2. The number of carbonyl (C=O) groups is 1. The monoisotopic (exact) mass is 273 g/mol. The summed E-state index contributed by atoms with van der Waals surface area (Å²) in [5, 5.41) is 3.18. The largest absolute Gasteiger partial charge is 0.398 e. The average Bonchev–Trinajstić information content (AvgIpc) is 2.40. The molecule has 0 aliphatic carbocycles. The van der Waals surface area contributed by atoms with Crippen molar-refractivity contribution in [3.63, 3.8) is 0 Å². The molecule has 0 radical (unpaired) electrons. The molecule has 0 aliphatic heterocycles. The van der Waals surface area contributed by atoms with Crippen molar-refractivity contribution in [1.82, 2.24) is 0 Å². The maximum atomic E-state index is 12.8. The van der Waals surface area contributed by atoms with Gasteiger partial charge in [-0.1, -0.05) is 18.2 Å². The van der Waals surface area contributed by atoms with E-state index >= 15 is 0 Å². The molecule has 0 aliphatic rings. The van der Waals surface area contributed by atoms with Crippen molar-refractivity contribution in [2.45, 2.75) is 13.0 Å². The second-order valence-electron chi connectivity index (χ2n) is 4.54. The highest BCUT2D eigenvalue weighted by atomic mass is 19.1. The lowest BCUT2D eigenvalue weighted by atomic mass is 10.1. The van der Waals surface area contributed by atoms with E-state index in [0.29, 0.717) is 17.8 Å². The number of anilines is 2. The minimum Gasteiger partial charge on any atom is -0.398 e. The Balaban J connectivity index is 2.01. The van der Waals surface area contributed by atoms with Crippen LogP contribution in [-0.4, -0.2) is 5.91 Å². The van der Waals surface area contributed by atoms with Gasteiger partial charge in [-0.2, -0.15) is 0 Å². The Hall–Kier alpha value is -2.56. The number of hydrogen-bond donors (Lipinski definition) is 3. The lowest BCUT2D eigenvalue weighted by Crippen LogP contribution is -2.14. The van der Waals surface area contributed by atoms with Gasteiger partial charge < -0.3 is 16.8 Å². The molecule has 0 atom stereocenters. The van der Waals surface area contributed by atoms with Crippen molar-refractivity contribution in [3.8, 4) is 0 Å². The zero-order valence-corrected chi connectivity index (χ0v) is 10.9. The molecular weight excluding hydrogens is 257 g/mol. The van der Waals surface area contributed by atoms with Crippen LogP contribution in [0.2, 0.25) is 0 Å². The zero-order chi connectivity index (χ0) is 14.5. The summed E-state index contributed by atoms with van der Waals surface area (Å²) in [6.45, 7) is 0.564. The van der Waals surface area contributed by atoms with E-state index in [0.717, 1.165) is 11.3 Å². The maximum absolute atomic E-state index is 12.8. The molecule has 0 bridgehead atoms. The first kappa shape index (κ1) is 13.9. The number of halogens is 1. The van der Waals surface area contributed by atoms with Crippen LogP contribution in [-0.2, 0) is 17.8 Å². The van der Waals surface area contributed by atoms with Crippen molar-refractivity contribution in [2.24, 2.45) is 5.73 Å². The zero-order valence-electron chi connectivity index (χ0n) is 10.9. The molecule has 2 aromatic carbocycles. The van der Waals surface area contributed by atoms with Crippen LogP contribution in [0.15, 0.2) is 42.5 Å². The molecule has 104 valence electrons. The van der Waals surface area contributed by atoms with Gasteiger partial charge in [0.05, 0.1) is 6.42 Å². The van der Waals surface area contributed by atoms with Gasteiger partial charge in [0.2, 0.25) is 5.91 Å². The Morgan fingerprint density at radius 1 is 1.15 bits per heavy atom. The third-order valence-corrected chi connectivity index (χ3v) is 2.92. The minimum atomic E-state index is -0.413. The van der Waals surface area contributed by atoms with E-state index < -0.39 is 5.91 Å². The van der Waals surface area contributed by atoms with Gasteiger partial charge in [-0.25, -0.2) is 4.39 Å². The second-order valence-corrected chi connectivity index (χ2v) is 4.54. The van der Waals surface area contributed by atoms with Crippen LogP contribution in [0.1, 0.15) is 11.1 Å². The second kappa shape index (κ2) is 6.06. The fraction of sp³-hybridized carbons (Fsp3) is 0.133. The Morgan fingerprint density at radius 2 is 1.85 bits per heavy atom. The van der Waals surface area contributed by atoms with E-state index in [1.807, 2.05) is 6.07 Å². The maximum Gasteiger partial charge on any atom is 0.221 e. The standard InChI is InChI=1S/C15H16FN3O/c16-12-4-1-10(2-5-12)9-19-13-6-3-11(7-15(18)20)14(17)8-13/h1-6,8,19H,7,9,17H2,(H2,18,20). The predicted octanol–water partition coefficient (Wildman–Crippen LogP) is 2.05.